The molecule has 27 heavy (non-hydrogen) atoms. The summed E-state index contributed by atoms with van der Waals surface area (Å²) in [6, 6.07) is 15.1. The Balaban J connectivity index is 2.14. The van der Waals surface area contributed by atoms with Crippen LogP contribution in [0.5, 0.6) is 0 Å². The van der Waals surface area contributed by atoms with Crippen molar-refractivity contribution in [1.82, 2.24) is 4.90 Å². The topological polar surface area (TPSA) is 61.4 Å². The van der Waals surface area contributed by atoms with Gasteiger partial charge in [-0.1, -0.05) is 56.3 Å². The summed E-state index contributed by atoms with van der Waals surface area (Å²) < 4.78 is 0. The molecule has 2 rings (SSSR count). The van der Waals surface area contributed by atoms with E-state index < -0.39 is 0 Å². The number of hydrogen-bond donors (Lipinski definition) is 2. The number of anilines is 2. The van der Waals surface area contributed by atoms with Crippen LogP contribution in [0.2, 0.25) is 0 Å². The molecule has 142 valence electrons. The average Bonchev–Trinajstić information content (AvgIpc) is 2.64. The predicted molar refractivity (Wildman–Crippen MR) is 111 cm³/mol. The summed E-state index contributed by atoms with van der Waals surface area (Å²) in [5, 5.41) is 5.80. The van der Waals surface area contributed by atoms with Gasteiger partial charge >= 0.3 is 6.03 Å². The molecule has 5 nitrogen and oxygen atoms in total. The number of rotatable bonds is 7. The van der Waals surface area contributed by atoms with Crippen molar-refractivity contribution in [2.24, 2.45) is 5.92 Å². The van der Waals surface area contributed by atoms with Gasteiger partial charge in [0.15, 0.2) is 0 Å². The van der Waals surface area contributed by atoms with Crippen LogP contribution in [0.15, 0.2) is 61.2 Å². The first-order valence-corrected chi connectivity index (χ1v) is 9.03. The summed E-state index contributed by atoms with van der Waals surface area (Å²) in [4.78, 5) is 26.4. The molecule has 0 radical (unpaired) electrons. The lowest BCUT2D eigenvalue weighted by Gasteiger charge is -2.22. The molecule has 0 saturated carbocycles. The lowest BCUT2D eigenvalue weighted by Crippen LogP contribution is -2.34. The molecule has 0 aliphatic carbocycles. The van der Waals surface area contributed by atoms with E-state index in [1.54, 1.807) is 17.0 Å². The van der Waals surface area contributed by atoms with Crippen LogP contribution in [0.25, 0.3) is 0 Å². The fourth-order valence-electron chi connectivity index (χ4n) is 2.49. The number of benzene rings is 2. The summed E-state index contributed by atoms with van der Waals surface area (Å²) in [5.74, 6) is -0.174. The first-order valence-electron chi connectivity index (χ1n) is 9.03. The van der Waals surface area contributed by atoms with Crippen LogP contribution in [0.1, 0.15) is 25.0 Å². The van der Waals surface area contributed by atoms with Crippen molar-refractivity contribution in [1.29, 1.82) is 0 Å². The number of urea groups is 1. The first kappa shape index (κ1) is 20.2. The van der Waals surface area contributed by atoms with Crippen LogP contribution >= 0.6 is 0 Å². The quantitative estimate of drug-likeness (QED) is 0.692. The van der Waals surface area contributed by atoms with E-state index in [0.29, 0.717) is 24.5 Å². The zero-order valence-electron chi connectivity index (χ0n) is 16.2. The average molecular weight is 365 g/mol. The molecule has 2 aromatic rings. The second-order valence-electron chi connectivity index (χ2n) is 6.76. The number of hydrogen-bond acceptors (Lipinski definition) is 2. The van der Waals surface area contributed by atoms with E-state index in [4.69, 9.17) is 0 Å². The smallest absolute Gasteiger partial charge is 0.322 e. The van der Waals surface area contributed by atoms with Gasteiger partial charge in [-0.2, -0.15) is 0 Å². The van der Waals surface area contributed by atoms with Crippen LogP contribution in [0, 0.1) is 12.8 Å². The molecule has 5 heteroatoms. The van der Waals surface area contributed by atoms with Crippen molar-refractivity contribution in [2.75, 3.05) is 17.2 Å². The third-order valence-corrected chi connectivity index (χ3v) is 4.12. The van der Waals surface area contributed by atoms with Crippen LogP contribution in [-0.4, -0.2) is 23.4 Å². The molecule has 0 aromatic heterocycles. The molecule has 0 saturated heterocycles. The summed E-state index contributed by atoms with van der Waals surface area (Å²) in [6.07, 6.45) is 1.70. The van der Waals surface area contributed by atoms with E-state index in [9.17, 15) is 9.59 Å². The fourth-order valence-corrected chi connectivity index (χ4v) is 2.49. The Hall–Kier alpha value is -3.08. The van der Waals surface area contributed by atoms with E-state index in [2.05, 4.69) is 17.2 Å². The van der Waals surface area contributed by atoms with Gasteiger partial charge in [0.05, 0.1) is 0 Å². The van der Waals surface area contributed by atoms with Crippen molar-refractivity contribution in [2.45, 2.75) is 27.3 Å². The van der Waals surface area contributed by atoms with Gasteiger partial charge < -0.3 is 15.5 Å². The van der Waals surface area contributed by atoms with E-state index in [-0.39, 0.29) is 17.9 Å². The van der Waals surface area contributed by atoms with Crippen LogP contribution in [0.3, 0.4) is 0 Å². The lowest BCUT2D eigenvalue weighted by atomic mass is 10.1. The molecule has 0 unspecified atom stereocenters. The Kier molecular flexibility index (Phi) is 7.17. The first-order chi connectivity index (χ1) is 12.9. The number of carbonyl (C=O) groups excluding carboxylic acids is 2. The van der Waals surface area contributed by atoms with Gasteiger partial charge in [0, 0.05) is 30.4 Å². The van der Waals surface area contributed by atoms with Gasteiger partial charge in [-0.3, -0.25) is 4.79 Å². The van der Waals surface area contributed by atoms with E-state index in [1.807, 2.05) is 63.2 Å². The van der Waals surface area contributed by atoms with Crippen LogP contribution in [-0.2, 0) is 11.3 Å². The van der Waals surface area contributed by atoms with Gasteiger partial charge in [-0.25, -0.2) is 4.79 Å². The maximum Gasteiger partial charge on any atom is 0.322 e. The minimum atomic E-state index is -0.214. The van der Waals surface area contributed by atoms with E-state index in [0.717, 1.165) is 11.1 Å². The maximum atomic E-state index is 12.8. The third-order valence-electron chi connectivity index (χ3n) is 4.12. The standard InChI is InChI=1S/C22H27N3O2/c1-5-13-25(15-18-9-7-6-8-10-18)22(27)24-20-14-19(12-11-17(20)4)23-21(26)16(2)3/h5-12,14,16H,1,13,15H2,2-4H3,(H,23,26)(H,24,27). The lowest BCUT2D eigenvalue weighted by molar-refractivity contribution is -0.118. The Morgan fingerprint density at radius 2 is 1.81 bits per heavy atom. The second kappa shape index (κ2) is 9.57. The minimum Gasteiger partial charge on any atom is -0.326 e. The molecular formula is C22H27N3O2. The molecule has 0 heterocycles. The number of nitrogens with one attached hydrogen (secondary N) is 2. The zero-order chi connectivity index (χ0) is 19.8. The van der Waals surface area contributed by atoms with Gasteiger partial charge in [0.25, 0.3) is 0 Å². The number of amides is 3. The van der Waals surface area contributed by atoms with Crippen molar-refractivity contribution in [3.63, 3.8) is 0 Å². The molecular weight excluding hydrogens is 338 g/mol. The molecule has 0 aliphatic rings. The number of nitrogens with zero attached hydrogens (tertiary/aromatic N) is 1. The molecule has 0 bridgehead atoms. The van der Waals surface area contributed by atoms with Crippen LogP contribution < -0.4 is 10.6 Å². The van der Waals surface area contributed by atoms with Crippen molar-refractivity contribution >= 4 is 23.3 Å². The number of aryl methyl sites for hydroxylation is 1. The Bertz CT molecular complexity index is 800. The largest absolute Gasteiger partial charge is 0.326 e. The minimum absolute atomic E-state index is 0.0616. The fraction of sp³-hybridized carbons (Fsp3) is 0.273. The van der Waals surface area contributed by atoms with Crippen molar-refractivity contribution in [3.05, 3.63) is 72.3 Å². The highest BCUT2D eigenvalue weighted by Crippen LogP contribution is 2.21. The second-order valence-corrected chi connectivity index (χ2v) is 6.76. The Morgan fingerprint density at radius 1 is 1.11 bits per heavy atom. The third kappa shape index (κ3) is 5.99. The summed E-state index contributed by atoms with van der Waals surface area (Å²) in [6.45, 7) is 10.3. The number of carbonyl (C=O) groups is 2. The molecule has 0 atom stereocenters. The van der Waals surface area contributed by atoms with Crippen LogP contribution in [0.4, 0.5) is 16.2 Å². The highest BCUT2D eigenvalue weighted by molar-refractivity contribution is 5.94. The predicted octanol–water partition coefficient (Wildman–Crippen LogP) is 4.81. The SMILES string of the molecule is C=CCN(Cc1ccccc1)C(=O)Nc1cc(NC(=O)C(C)C)ccc1C. The van der Waals surface area contributed by atoms with E-state index >= 15 is 0 Å². The Morgan fingerprint density at radius 3 is 2.44 bits per heavy atom. The molecule has 0 aliphatic heterocycles. The maximum absolute atomic E-state index is 12.8. The van der Waals surface area contributed by atoms with Gasteiger partial charge in [0.1, 0.15) is 0 Å². The van der Waals surface area contributed by atoms with Gasteiger partial charge in [0.2, 0.25) is 5.91 Å². The monoisotopic (exact) mass is 365 g/mol. The summed E-state index contributed by atoms with van der Waals surface area (Å²) in [7, 11) is 0. The summed E-state index contributed by atoms with van der Waals surface area (Å²) in [5.41, 5.74) is 3.30. The van der Waals surface area contributed by atoms with Gasteiger partial charge in [-0.15, -0.1) is 6.58 Å². The molecule has 2 aromatic carbocycles. The highest BCUT2D eigenvalue weighted by Gasteiger charge is 2.15. The summed E-state index contributed by atoms with van der Waals surface area (Å²) >= 11 is 0. The van der Waals surface area contributed by atoms with Crippen molar-refractivity contribution in [3.8, 4) is 0 Å². The zero-order valence-corrected chi connectivity index (χ0v) is 16.2. The molecule has 0 fully saturated rings. The molecule has 0 spiro atoms. The molecule has 2 N–H and O–H groups in total. The van der Waals surface area contributed by atoms with Crippen molar-refractivity contribution < 1.29 is 9.59 Å². The Labute approximate surface area is 161 Å². The van der Waals surface area contributed by atoms with E-state index in [1.165, 1.54) is 0 Å². The molecule has 3 amide bonds. The van der Waals surface area contributed by atoms with Gasteiger partial charge in [-0.05, 0) is 30.2 Å². The highest BCUT2D eigenvalue weighted by atomic mass is 16.2. The normalized spacial score (nSPS) is 10.4.